The molecule has 2 rings (SSSR count). The molecule has 0 bridgehead atoms. The van der Waals surface area contributed by atoms with Crippen LogP contribution in [0.5, 0.6) is 0 Å². The van der Waals surface area contributed by atoms with Crippen LogP contribution in [-0.2, 0) is 0 Å². The lowest BCUT2D eigenvalue weighted by molar-refractivity contribution is -0.677. The van der Waals surface area contributed by atoms with Gasteiger partial charge in [0.1, 0.15) is 6.20 Å². The Hall–Kier alpha value is -0.710. The van der Waals surface area contributed by atoms with E-state index in [1.54, 1.807) is 0 Å². The Labute approximate surface area is 84.9 Å². The number of aliphatic imine (C=N–C) groups is 1. The lowest BCUT2D eigenvalue weighted by Crippen LogP contribution is -2.36. The molecule has 4 heteroatoms. The molecule has 78 valence electrons. The van der Waals surface area contributed by atoms with Crippen LogP contribution in [0.4, 0.5) is 0 Å². The Kier molecular flexibility index (Phi) is 1.72. The van der Waals surface area contributed by atoms with Gasteiger partial charge in [-0.15, -0.1) is 0 Å². The van der Waals surface area contributed by atoms with Crippen molar-refractivity contribution in [3.05, 3.63) is 12.4 Å². The number of hydrogen-bond acceptors (Lipinski definition) is 3. The molecule has 0 saturated carbocycles. The van der Waals surface area contributed by atoms with Crippen LogP contribution in [0, 0.1) is 0 Å². The van der Waals surface area contributed by atoms with Gasteiger partial charge in [-0.1, -0.05) is 0 Å². The molecule has 2 heterocycles. The van der Waals surface area contributed by atoms with E-state index in [2.05, 4.69) is 18.1 Å². The Morgan fingerprint density at radius 3 is 2.64 bits per heavy atom. The zero-order valence-electron chi connectivity index (χ0n) is 9.07. The molecule has 4 nitrogen and oxygen atoms in total. The lowest BCUT2D eigenvalue weighted by Gasteiger charge is -2.16. The summed E-state index contributed by atoms with van der Waals surface area (Å²) in [6, 6.07) is 0.366. The molecule has 1 saturated heterocycles. The van der Waals surface area contributed by atoms with Gasteiger partial charge in [-0.25, -0.2) is 9.48 Å². The first-order valence-corrected chi connectivity index (χ1v) is 4.98. The normalized spacial score (nSPS) is 45.1. The molecule has 0 radical (unpaired) electrons. The van der Waals surface area contributed by atoms with E-state index in [-0.39, 0.29) is 11.2 Å². The van der Waals surface area contributed by atoms with Crippen LogP contribution >= 0.6 is 0 Å². The summed E-state index contributed by atoms with van der Waals surface area (Å²) in [5.41, 5.74) is 11.8. The molecule has 3 unspecified atom stereocenters. The first-order chi connectivity index (χ1) is 6.30. The Morgan fingerprint density at radius 2 is 2.21 bits per heavy atom. The average molecular weight is 195 g/mol. The van der Waals surface area contributed by atoms with E-state index in [0.29, 0.717) is 10.5 Å². The average Bonchev–Trinajstić information content (AvgIpc) is 2.50. The SMILES string of the molecule is CC(C)(N)CC1C(C)(N)[N+]12C=CN=C2. The third-order valence-corrected chi connectivity index (χ3v) is 3.33. The molecule has 4 N–H and O–H groups in total. The fourth-order valence-electron chi connectivity index (χ4n) is 2.37. The van der Waals surface area contributed by atoms with Crippen LogP contribution in [0.15, 0.2) is 17.4 Å². The third-order valence-electron chi connectivity index (χ3n) is 3.33. The lowest BCUT2D eigenvalue weighted by atomic mass is 9.97. The van der Waals surface area contributed by atoms with E-state index < -0.39 is 0 Å². The third kappa shape index (κ3) is 1.15. The highest BCUT2D eigenvalue weighted by atomic mass is 15.6. The molecule has 0 aromatic carbocycles. The molecule has 0 aromatic rings. The van der Waals surface area contributed by atoms with Gasteiger partial charge in [0.2, 0.25) is 5.66 Å². The molecule has 14 heavy (non-hydrogen) atoms. The molecule has 0 amide bonds. The van der Waals surface area contributed by atoms with Gasteiger partial charge in [-0.2, -0.15) is 0 Å². The first-order valence-electron chi connectivity index (χ1n) is 4.98. The minimum atomic E-state index is -0.229. The van der Waals surface area contributed by atoms with Gasteiger partial charge < -0.3 is 5.73 Å². The molecule has 1 fully saturated rings. The van der Waals surface area contributed by atoms with Crippen LogP contribution in [0.3, 0.4) is 0 Å². The zero-order chi connectivity index (χ0) is 10.6. The molecule has 1 spiro atoms. The minimum Gasteiger partial charge on any atom is -0.325 e. The maximum Gasteiger partial charge on any atom is 0.211 e. The fourth-order valence-corrected chi connectivity index (χ4v) is 2.37. The summed E-state index contributed by atoms with van der Waals surface area (Å²) in [4.78, 5) is 4.12. The van der Waals surface area contributed by atoms with E-state index in [1.807, 2.05) is 26.4 Å². The van der Waals surface area contributed by atoms with Gasteiger partial charge in [0.25, 0.3) is 0 Å². The summed E-state index contributed by atoms with van der Waals surface area (Å²) in [5.74, 6) is 0. The van der Waals surface area contributed by atoms with Gasteiger partial charge in [-0.05, 0) is 13.8 Å². The Balaban J connectivity index is 2.17. The quantitative estimate of drug-likeness (QED) is 0.498. The van der Waals surface area contributed by atoms with E-state index in [4.69, 9.17) is 11.5 Å². The topological polar surface area (TPSA) is 64.4 Å². The van der Waals surface area contributed by atoms with Crippen LogP contribution in [-0.4, -0.2) is 28.1 Å². The second-order valence-electron chi connectivity index (χ2n) is 5.33. The van der Waals surface area contributed by atoms with Crippen molar-refractivity contribution >= 4 is 6.34 Å². The molecular weight excluding hydrogens is 176 g/mol. The Bertz CT molecular complexity index is 297. The first kappa shape index (κ1) is 9.83. The highest BCUT2D eigenvalue weighted by Gasteiger charge is 2.74. The van der Waals surface area contributed by atoms with Crippen LogP contribution < -0.4 is 11.5 Å². The number of hydrogen-bond donors (Lipinski definition) is 2. The largest absolute Gasteiger partial charge is 0.325 e. The molecule has 3 atom stereocenters. The predicted molar refractivity (Wildman–Crippen MR) is 57.2 cm³/mol. The maximum atomic E-state index is 6.23. The summed E-state index contributed by atoms with van der Waals surface area (Å²) in [5, 5.41) is 0. The van der Waals surface area contributed by atoms with Crippen molar-refractivity contribution in [1.82, 2.24) is 0 Å². The summed E-state index contributed by atoms with van der Waals surface area (Å²) >= 11 is 0. The summed E-state index contributed by atoms with van der Waals surface area (Å²) in [7, 11) is 0. The highest BCUT2D eigenvalue weighted by molar-refractivity contribution is 5.55. The van der Waals surface area contributed by atoms with Gasteiger partial charge in [0, 0.05) is 18.9 Å². The minimum absolute atomic E-state index is 0.169. The summed E-state index contributed by atoms with van der Waals surface area (Å²) in [6.45, 7) is 6.13. The van der Waals surface area contributed by atoms with Crippen LogP contribution in [0.1, 0.15) is 27.2 Å². The predicted octanol–water partition coefficient (Wildman–Crippen LogP) is 0.501. The van der Waals surface area contributed by atoms with E-state index >= 15 is 0 Å². The standard InChI is InChI=1S/C10H19N4/c1-9(2,11)6-8-10(3,12)14(8)5-4-13-7-14/h4-5,7-8H,6,11-12H2,1-3H3/q+1. The second kappa shape index (κ2) is 2.45. The van der Waals surface area contributed by atoms with E-state index in [0.717, 1.165) is 6.42 Å². The number of quaternary nitrogens is 1. The van der Waals surface area contributed by atoms with Crippen molar-refractivity contribution in [2.24, 2.45) is 16.5 Å². The monoisotopic (exact) mass is 195 g/mol. The number of rotatable bonds is 2. The smallest absolute Gasteiger partial charge is 0.211 e. The van der Waals surface area contributed by atoms with Crippen molar-refractivity contribution in [2.75, 3.05) is 0 Å². The number of nitrogens with two attached hydrogens (primary N) is 2. The van der Waals surface area contributed by atoms with Crippen molar-refractivity contribution in [1.29, 1.82) is 0 Å². The van der Waals surface area contributed by atoms with Crippen LogP contribution in [0.25, 0.3) is 0 Å². The maximum absolute atomic E-state index is 6.23. The molecule has 2 aliphatic heterocycles. The van der Waals surface area contributed by atoms with Crippen molar-refractivity contribution < 1.29 is 4.48 Å². The Morgan fingerprint density at radius 1 is 1.57 bits per heavy atom. The van der Waals surface area contributed by atoms with Gasteiger partial charge in [0.05, 0.1) is 6.20 Å². The molecular formula is C10H19N4+. The molecule has 2 aliphatic rings. The van der Waals surface area contributed by atoms with Gasteiger partial charge in [0.15, 0.2) is 12.4 Å². The van der Waals surface area contributed by atoms with Crippen molar-refractivity contribution in [2.45, 2.75) is 44.4 Å². The van der Waals surface area contributed by atoms with Gasteiger partial charge in [-0.3, -0.25) is 5.73 Å². The van der Waals surface area contributed by atoms with Gasteiger partial charge >= 0.3 is 0 Å². The van der Waals surface area contributed by atoms with Crippen molar-refractivity contribution in [3.63, 3.8) is 0 Å². The summed E-state index contributed by atoms with van der Waals surface area (Å²) < 4.78 is 0.674. The van der Waals surface area contributed by atoms with E-state index in [1.165, 1.54) is 0 Å². The second-order valence-corrected chi connectivity index (χ2v) is 5.33. The highest BCUT2D eigenvalue weighted by Crippen LogP contribution is 2.50. The zero-order valence-corrected chi connectivity index (χ0v) is 9.07. The molecule has 0 aromatic heterocycles. The van der Waals surface area contributed by atoms with E-state index in [9.17, 15) is 0 Å². The molecule has 0 aliphatic carbocycles. The fraction of sp³-hybridized carbons (Fsp3) is 0.700. The van der Waals surface area contributed by atoms with Crippen LogP contribution in [0.2, 0.25) is 0 Å². The van der Waals surface area contributed by atoms with Crippen molar-refractivity contribution in [3.8, 4) is 0 Å². The number of nitrogens with zero attached hydrogens (tertiary/aromatic N) is 2. The summed E-state index contributed by atoms with van der Waals surface area (Å²) in [6.07, 6.45) is 6.69.